The van der Waals surface area contributed by atoms with Crippen LogP contribution in [0.2, 0.25) is 0 Å². The molecule has 0 aliphatic carbocycles. The van der Waals surface area contributed by atoms with Gasteiger partial charge in [0.15, 0.2) is 17.3 Å². The lowest BCUT2D eigenvalue weighted by Crippen LogP contribution is -2.10. The molecule has 1 N–H and O–H groups in total. The number of fused-ring (bicyclic) bond motifs is 1. The van der Waals surface area contributed by atoms with Gasteiger partial charge in [0, 0.05) is 18.1 Å². The molecule has 122 valence electrons. The summed E-state index contributed by atoms with van der Waals surface area (Å²) in [5.41, 5.74) is 0.873. The molecule has 1 aliphatic rings. The van der Waals surface area contributed by atoms with E-state index in [4.69, 9.17) is 14.0 Å². The van der Waals surface area contributed by atoms with Gasteiger partial charge in [0.05, 0.1) is 6.20 Å². The Morgan fingerprint density at radius 2 is 2.17 bits per heavy atom. The standard InChI is InChI=1S/C16H13N3O4S/c1-2-10-6-14(19-23-10)18-15(20)13-7-17-16(24-13)9-3-4-11-12(5-9)22-8-21-11/h3-7H,2,8H2,1H3,(H,18,19,20). The highest BCUT2D eigenvalue weighted by Gasteiger charge is 2.17. The van der Waals surface area contributed by atoms with Gasteiger partial charge in [-0.05, 0) is 18.2 Å². The van der Waals surface area contributed by atoms with E-state index < -0.39 is 0 Å². The normalized spacial score (nSPS) is 12.4. The average Bonchev–Trinajstić information content (AvgIpc) is 3.33. The smallest absolute Gasteiger partial charge is 0.268 e. The molecule has 8 heteroatoms. The summed E-state index contributed by atoms with van der Waals surface area (Å²) in [7, 11) is 0. The molecule has 0 atom stereocenters. The lowest BCUT2D eigenvalue weighted by molar-refractivity contribution is 0.102. The first-order valence-corrected chi connectivity index (χ1v) is 8.17. The number of aromatic nitrogens is 2. The predicted molar refractivity (Wildman–Crippen MR) is 87.5 cm³/mol. The Morgan fingerprint density at radius 3 is 3.00 bits per heavy atom. The van der Waals surface area contributed by atoms with Gasteiger partial charge in [0.2, 0.25) is 6.79 Å². The molecular formula is C16H13N3O4S. The molecule has 3 heterocycles. The Hall–Kier alpha value is -2.87. The van der Waals surface area contributed by atoms with Crippen LogP contribution in [-0.2, 0) is 6.42 Å². The number of hydrogen-bond acceptors (Lipinski definition) is 7. The van der Waals surface area contributed by atoms with Crippen LogP contribution >= 0.6 is 11.3 Å². The summed E-state index contributed by atoms with van der Waals surface area (Å²) in [6.07, 6.45) is 2.26. The zero-order valence-electron chi connectivity index (χ0n) is 12.7. The van der Waals surface area contributed by atoms with Crippen molar-refractivity contribution in [2.24, 2.45) is 0 Å². The molecule has 1 aliphatic heterocycles. The maximum absolute atomic E-state index is 12.3. The monoisotopic (exact) mass is 343 g/mol. The minimum absolute atomic E-state index is 0.224. The maximum atomic E-state index is 12.3. The summed E-state index contributed by atoms with van der Waals surface area (Å²) in [4.78, 5) is 17.1. The number of carbonyl (C=O) groups excluding carboxylic acids is 1. The van der Waals surface area contributed by atoms with Gasteiger partial charge < -0.3 is 19.3 Å². The van der Waals surface area contributed by atoms with E-state index in [0.29, 0.717) is 22.2 Å². The minimum Gasteiger partial charge on any atom is -0.454 e. The third-order valence-corrected chi connectivity index (χ3v) is 4.54. The Labute approximate surface area is 141 Å². The molecule has 3 aromatic rings. The first kappa shape index (κ1) is 14.7. The van der Waals surface area contributed by atoms with Crippen molar-refractivity contribution < 1.29 is 18.8 Å². The van der Waals surface area contributed by atoms with Gasteiger partial charge in [-0.2, -0.15) is 0 Å². The van der Waals surface area contributed by atoms with E-state index in [1.54, 1.807) is 12.3 Å². The van der Waals surface area contributed by atoms with E-state index in [9.17, 15) is 4.79 Å². The van der Waals surface area contributed by atoms with Crippen molar-refractivity contribution in [2.75, 3.05) is 12.1 Å². The zero-order valence-corrected chi connectivity index (χ0v) is 13.6. The second-order valence-corrected chi connectivity index (χ2v) is 6.11. The molecule has 0 bridgehead atoms. The quantitative estimate of drug-likeness (QED) is 0.782. The van der Waals surface area contributed by atoms with Crippen molar-refractivity contribution in [2.45, 2.75) is 13.3 Å². The van der Waals surface area contributed by atoms with Crippen molar-refractivity contribution in [1.29, 1.82) is 0 Å². The molecule has 0 spiro atoms. The molecule has 2 aromatic heterocycles. The van der Waals surface area contributed by atoms with E-state index >= 15 is 0 Å². The fourth-order valence-electron chi connectivity index (χ4n) is 2.26. The maximum Gasteiger partial charge on any atom is 0.268 e. The van der Waals surface area contributed by atoms with Crippen LogP contribution < -0.4 is 14.8 Å². The topological polar surface area (TPSA) is 86.5 Å². The zero-order chi connectivity index (χ0) is 16.5. The second-order valence-electron chi connectivity index (χ2n) is 5.08. The second kappa shape index (κ2) is 5.97. The molecule has 1 amide bonds. The fourth-order valence-corrected chi connectivity index (χ4v) is 3.07. The lowest BCUT2D eigenvalue weighted by atomic mass is 10.2. The third kappa shape index (κ3) is 2.71. The van der Waals surface area contributed by atoms with Gasteiger partial charge in [-0.25, -0.2) is 4.98 Å². The van der Waals surface area contributed by atoms with Gasteiger partial charge in [-0.3, -0.25) is 4.79 Å². The summed E-state index contributed by atoms with van der Waals surface area (Å²) in [6.45, 7) is 2.18. The van der Waals surface area contributed by atoms with Gasteiger partial charge in [0.25, 0.3) is 5.91 Å². The lowest BCUT2D eigenvalue weighted by Gasteiger charge is -1.99. The highest BCUT2D eigenvalue weighted by Crippen LogP contribution is 2.37. The van der Waals surface area contributed by atoms with Crippen molar-refractivity contribution in [3.63, 3.8) is 0 Å². The van der Waals surface area contributed by atoms with Gasteiger partial charge in [-0.15, -0.1) is 11.3 Å². The number of hydrogen-bond donors (Lipinski definition) is 1. The van der Waals surface area contributed by atoms with Crippen LogP contribution in [0.15, 0.2) is 35.0 Å². The molecule has 1 aromatic carbocycles. The molecule has 0 radical (unpaired) electrons. The molecule has 0 saturated carbocycles. The molecule has 0 saturated heterocycles. The van der Waals surface area contributed by atoms with Crippen LogP contribution in [0.1, 0.15) is 22.4 Å². The van der Waals surface area contributed by atoms with E-state index in [-0.39, 0.29) is 12.7 Å². The minimum atomic E-state index is -0.268. The van der Waals surface area contributed by atoms with Crippen LogP contribution in [0.3, 0.4) is 0 Å². The highest BCUT2D eigenvalue weighted by atomic mass is 32.1. The molecular weight excluding hydrogens is 330 g/mol. The number of anilines is 1. The predicted octanol–water partition coefficient (Wildman–Crippen LogP) is 3.34. The van der Waals surface area contributed by atoms with Crippen LogP contribution in [-0.4, -0.2) is 22.8 Å². The van der Waals surface area contributed by atoms with E-state index in [1.807, 2.05) is 25.1 Å². The summed E-state index contributed by atoms with van der Waals surface area (Å²) in [6, 6.07) is 7.28. The summed E-state index contributed by atoms with van der Waals surface area (Å²) in [5, 5.41) is 7.23. The van der Waals surface area contributed by atoms with Gasteiger partial charge in [0.1, 0.15) is 15.6 Å². The van der Waals surface area contributed by atoms with Crippen molar-refractivity contribution in [3.8, 4) is 22.1 Å². The average molecular weight is 343 g/mol. The fraction of sp³-hybridized carbons (Fsp3) is 0.188. The van der Waals surface area contributed by atoms with Crippen LogP contribution in [0.5, 0.6) is 11.5 Å². The van der Waals surface area contributed by atoms with E-state index in [1.165, 1.54) is 11.3 Å². The Bertz CT molecular complexity index is 902. The Balaban J connectivity index is 1.52. The highest BCUT2D eigenvalue weighted by molar-refractivity contribution is 7.17. The molecule has 24 heavy (non-hydrogen) atoms. The molecule has 0 fully saturated rings. The SMILES string of the molecule is CCc1cc(NC(=O)c2cnc(-c3ccc4c(c3)OCO4)s2)no1. The number of nitrogens with zero attached hydrogens (tertiary/aromatic N) is 2. The number of aryl methyl sites for hydroxylation is 1. The van der Waals surface area contributed by atoms with Crippen LogP contribution in [0, 0.1) is 0 Å². The van der Waals surface area contributed by atoms with Gasteiger partial charge >= 0.3 is 0 Å². The number of amides is 1. The summed E-state index contributed by atoms with van der Waals surface area (Å²) >= 11 is 1.29. The first-order valence-electron chi connectivity index (χ1n) is 7.35. The number of rotatable bonds is 4. The van der Waals surface area contributed by atoms with E-state index in [2.05, 4.69) is 15.5 Å². The molecule has 4 rings (SSSR count). The number of carbonyl (C=O) groups is 1. The summed E-state index contributed by atoms with van der Waals surface area (Å²) < 4.78 is 15.7. The molecule has 7 nitrogen and oxygen atoms in total. The van der Waals surface area contributed by atoms with Crippen LogP contribution in [0.4, 0.5) is 5.82 Å². The first-order chi connectivity index (χ1) is 11.7. The largest absolute Gasteiger partial charge is 0.454 e. The van der Waals surface area contributed by atoms with Crippen molar-refractivity contribution in [3.05, 3.63) is 41.1 Å². The number of benzene rings is 1. The van der Waals surface area contributed by atoms with Gasteiger partial charge in [-0.1, -0.05) is 12.1 Å². The summed E-state index contributed by atoms with van der Waals surface area (Å²) in [5.74, 6) is 2.25. The number of thiazole rings is 1. The number of nitrogens with one attached hydrogen (secondary N) is 1. The van der Waals surface area contributed by atoms with E-state index in [0.717, 1.165) is 22.8 Å². The Kier molecular flexibility index (Phi) is 3.66. The van der Waals surface area contributed by atoms with Crippen LogP contribution in [0.25, 0.3) is 10.6 Å². The van der Waals surface area contributed by atoms with Crippen molar-refractivity contribution in [1.82, 2.24) is 10.1 Å². The number of ether oxygens (including phenoxy) is 2. The Morgan fingerprint density at radius 1 is 1.29 bits per heavy atom. The van der Waals surface area contributed by atoms with Crippen molar-refractivity contribution >= 4 is 23.1 Å². The molecule has 0 unspecified atom stereocenters. The third-order valence-electron chi connectivity index (χ3n) is 3.50.